The van der Waals surface area contributed by atoms with Crippen LogP contribution in [0.25, 0.3) is 0 Å². The first-order chi connectivity index (χ1) is 12.6. The Hall–Kier alpha value is -0.730. The molecule has 7 heteroatoms. The zero-order valence-electron chi connectivity index (χ0n) is 15.4. The highest BCUT2D eigenvalue weighted by atomic mass is 16.8. The minimum absolute atomic E-state index is 0.0630. The van der Waals surface area contributed by atoms with Gasteiger partial charge in [-0.2, -0.15) is 0 Å². The van der Waals surface area contributed by atoms with Crippen LogP contribution in [-0.2, 0) is 28.5 Å². The van der Waals surface area contributed by atoms with Crippen LogP contribution in [0.5, 0.6) is 0 Å². The molecular formula is C19H30O7. The summed E-state index contributed by atoms with van der Waals surface area (Å²) >= 11 is 0. The molecule has 2 unspecified atom stereocenters. The van der Waals surface area contributed by atoms with Crippen molar-refractivity contribution in [1.82, 2.24) is 0 Å². The van der Waals surface area contributed by atoms with Gasteiger partial charge in [0.15, 0.2) is 5.79 Å². The van der Waals surface area contributed by atoms with E-state index in [2.05, 4.69) is 0 Å². The van der Waals surface area contributed by atoms with Crippen LogP contribution < -0.4 is 0 Å². The molecule has 1 aliphatic carbocycles. The highest BCUT2D eigenvalue weighted by Gasteiger charge is 2.59. The molecule has 26 heavy (non-hydrogen) atoms. The van der Waals surface area contributed by atoms with Gasteiger partial charge < -0.3 is 28.8 Å². The first-order valence-corrected chi connectivity index (χ1v) is 9.98. The minimum Gasteiger partial charge on any atom is -0.469 e. The Balaban J connectivity index is 1.51. The van der Waals surface area contributed by atoms with Gasteiger partial charge in [-0.25, -0.2) is 0 Å². The van der Waals surface area contributed by atoms with E-state index in [1.807, 2.05) is 0 Å². The van der Waals surface area contributed by atoms with Gasteiger partial charge in [0.2, 0.25) is 0 Å². The summed E-state index contributed by atoms with van der Waals surface area (Å²) in [7, 11) is 1.40. The maximum absolute atomic E-state index is 11.6. The van der Waals surface area contributed by atoms with Crippen LogP contribution in [0.15, 0.2) is 0 Å². The second kappa shape index (κ2) is 7.72. The molecule has 3 saturated heterocycles. The van der Waals surface area contributed by atoms with Gasteiger partial charge in [-0.15, -0.1) is 0 Å². The number of aliphatic hydroxyl groups excluding tert-OH is 1. The normalized spacial score (nSPS) is 41.5. The molecular weight excluding hydrogens is 340 g/mol. The molecule has 148 valence electrons. The van der Waals surface area contributed by atoms with Crippen molar-refractivity contribution in [2.75, 3.05) is 13.7 Å². The number of fused-ring (bicyclic) bond motifs is 3. The van der Waals surface area contributed by atoms with Gasteiger partial charge in [0, 0.05) is 19.4 Å². The van der Waals surface area contributed by atoms with Gasteiger partial charge in [0.25, 0.3) is 0 Å². The Morgan fingerprint density at radius 2 is 1.85 bits per heavy atom. The first kappa shape index (κ1) is 18.6. The molecule has 0 radical (unpaired) electrons. The van der Waals surface area contributed by atoms with Crippen LogP contribution in [0.3, 0.4) is 0 Å². The van der Waals surface area contributed by atoms with E-state index in [4.69, 9.17) is 23.7 Å². The maximum atomic E-state index is 11.6. The van der Waals surface area contributed by atoms with Crippen molar-refractivity contribution in [2.45, 2.75) is 100 Å². The molecule has 6 atom stereocenters. The molecule has 3 heterocycles. The summed E-state index contributed by atoms with van der Waals surface area (Å²) in [6.45, 7) is 0.0630. The van der Waals surface area contributed by atoms with Gasteiger partial charge in [-0.1, -0.05) is 6.42 Å². The molecule has 3 aliphatic heterocycles. The van der Waals surface area contributed by atoms with Gasteiger partial charge >= 0.3 is 5.97 Å². The van der Waals surface area contributed by atoms with Crippen LogP contribution in [0.2, 0.25) is 0 Å². The predicted molar refractivity (Wildman–Crippen MR) is 90.5 cm³/mol. The molecule has 7 nitrogen and oxygen atoms in total. The van der Waals surface area contributed by atoms with Crippen molar-refractivity contribution < 1.29 is 33.6 Å². The van der Waals surface area contributed by atoms with E-state index in [1.54, 1.807) is 0 Å². The predicted octanol–water partition coefficient (Wildman–Crippen LogP) is 1.69. The molecule has 4 aliphatic rings. The lowest BCUT2D eigenvalue weighted by Gasteiger charge is -2.46. The number of carbonyl (C=O) groups excluding carboxylic acids is 1. The number of carbonyl (C=O) groups is 1. The van der Waals surface area contributed by atoms with Crippen molar-refractivity contribution in [2.24, 2.45) is 0 Å². The van der Waals surface area contributed by atoms with Crippen molar-refractivity contribution in [1.29, 1.82) is 0 Å². The second-order valence-electron chi connectivity index (χ2n) is 7.94. The summed E-state index contributed by atoms with van der Waals surface area (Å²) in [6.07, 6.45) is 6.48. The molecule has 1 saturated carbocycles. The van der Waals surface area contributed by atoms with Crippen LogP contribution >= 0.6 is 0 Å². The summed E-state index contributed by atoms with van der Waals surface area (Å²) in [4.78, 5) is 11.6. The smallest absolute Gasteiger partial charge is 0.308 e. The average Bonchev–Trinajstić information content (AvgIpc) is 3.02. The topological polar surface area (TPSA) is 83.5 Å². The molecule has 0 aromatic carbocycles. The van der Waals surface area contributed by atoms with E-state index in [0.717, 1.165) is 38.5 Å². The van der Waals surface area contributed by atoms with Crippen molar-refractivity contribution in [3.63, 3.8) is 0 Å². The van der Waals surface area contributed by atoms with E-state index >= 15 is 0 Å². The molecule has 4 rings (SSSR count). The Morgan fingerprint density at radius 1 is 1.08 bits per heavy atom. The van der Waals surface area contributed by atoms with Crippen LogP contribution in [-0.4, -0.2) is 67.2 Å². The number of hydrogen-bond donors (Lipinski definition) is 1. The number of rotatable bonds is 4. The molecule has 0 aromatic heterocycles. The lowest BCUT2D eigenvalue weighted by Crippen LogP contribution is -2.60. The first-order valence-electron chi connectivity index (χ1n) is 9.98. The summed E-state index contributed by atoms with van der Waals surface area (Å²) in [5, 5.41) is 9.45. The molecule has 0 amide bonds. The fourth-order valence-corrected chi connectivity index (χ4v) is 4.93. The standard InChI is InChI=1S/C19H30O7/c1-22-15(21)11-12-5-6-13-16(23-12)18-17(14(24-13)7-10-20)25-19(26-18)8-3-2-4-9-19/h12-14,16-18,20H,2-11H2,1H3/t12-,13?,14+,16+,17-,18?/m1/s1. The summed E-state index contributed by atoms with van der Waals surface area (Å²) in [6, 6.07) is 0. The number of aliphatic hydroxyl groups is 1. The summed E-state index contributed by atoms with van der Waals surface area (Å²) in [5.74, 6) is -0.787. The van der Waals surface area contributed by atoms with Gasteiger partial charge in [-0.3, -0.25) is 4.79 Å². The Labute approximate surface area is 154 Å². The molecule has 0 aromatic rings. The maximum Gasteiger partial charge on any atom is 0.308 e. The van der Waals surface area contributed by atoms with E-state index in [-0.39, 0.29) is 55.6 Å². The molecule has 0 bridgehead atoms. The molecule has 4 fully saturated rings. The number of ether oxygens (including phenoxy) is 5. The Bertz CT molecular complexity index is 504. The number of hydrogen-bond acceptors (Lipinski definition) is 7. The third kappa shape index (κ3) is 3.52. The van der Waals surface area contributed by atoms with Gasteiger partial charge in [0.05, 0.1) is 31.8 Å². The quantitative estimate of drug-likeness (QED) is 0.754. The minimum atomic E-state index is -0.530. The van der Waals surface area contributed by atoms with Crippen LogP contribution in [0.4, 0.5) is 0 Å². The summed E-state index contributed by atoms with van der Waals surface area (Å²) in [5.41, 5.74) is 0. The zero-order chi connectivity index (χ0) is 18.1. The highest BCUT2D eigenvalue weighted by Crippen LogP contribution is 2.47. The van der Waals surface area contributed by atoms with Crippen LogP contribution in [0, 0.1) is 0 Å². The fourth-order valence-electron chi connectivity index (χ4n) is 4.93. The Morgan fingerprint density at radius 3 is 2.58 bits per heavy atom. The number of esters is 1. The fraction of sp³-hybridized carbons (Fsp3) is 0.947. The van der Waals surface area contributed by atoms with Gasteiger partial charge in [0.1, 0.15) is 18.3 Å². The van der Waals surface area contributed by atoms with Crippen molar-refractivity contribution >= 4 is 5.97 Å². The Kier molecular flexibility index (Phi) is 5.53. The van der Waals surface area contributed by atoms with Gasteiger partial charge in [-0.05, 0) is 32.1 Å². The van der Waals surface area contributed by atoms with E-state index in [9.17, 15) is 9.90 Å². The highest BCUT2D eigenvalue weighted by molar-refractivity contribution is 5.69. The lowest BCUT2D eigenvalue weighted by molar-refractivity contribution is -0.242. The van der Waals surface area contributed by atoms with Crippen LogP contribution in [0.1, 0.15) is 57.8 Å². The van der Waals surface area contributed by atoms with E-state index in [1.165, 1.54) is 13.5 Å². The largest absolute Gasteiger partial charge is 0.469 e. The zero-order valence-corrected chi connectivity index (χ0v) is 15.4. The molecule has 1 N–H and O–H groups in total. The summed E-state index contributed by atoms with van der Waals surface area (Å²) < 4.78 is 30.2. The lowest BCUT2D eigenvalue weighted by atomic mass is 9.88. The SMILES string of the molecule is COC(=O)C[C@H]1CCC2O[C@@H](CCO)[C@H]3OC4(CCCCC4)OC3[C@H]2O1. The van der Waals surface area contributed by atoms with E-state index < -0.39 is 5.79 Å². The second-order valence-corrected chi connectivity index (χ2v) is 7.94. The van der Waals surface area contributed by atoms with E-state index in [0.29, 0.717) is 6.42 Å². The third-order valence-electron chi connectivity index (χ3n) is 6.21. The molecule has 1 spiro atoms. The van der Waals surface area contributed by atoms with Crippen molar-refractivity contribution in [3.05, 3.63) is 0 Å². The van der Waals surface area contributed by atoms with Crippen molar-refractivity contribution in [3.8, 4) is 0 Å². The third-order valence-corrected chi connectivity index (χ3v) is 6.21. The average molecular weight is 370 g/mol. The number of methoxy groups -OCH3 is 1. The monoisotopic (exact) mass is 370 g/mol.